The summed E-state index contributed by atoms with van der Waals surface area (Å²) in [6, 6.07) is -1.40. The number of ether oxygens (including phenoxy) is 1. The van der Waals surface area contributed by atoms with E-state index in [1.807, 2.05) is 24.3 Å². The van der Waals surface area contributed by atoms with E-state index >= 15 is 0 Å². The number of unbranched alkanes of at least 4 members (excludes halogenated alkanes) is 7. The summed E-state index contributed by atoms with van der Waals surface area (Å²) in [4.78, 5) is 47.1. The standard InChI is InChI=1S/C41H64N2O7/c1-3-5-7-9-10-11-12-13-14-15-16-17-18-19-20-25-29-33-40(47)50-36(30-26-22-8-6-4-2)31-27-23-21-24-28-32-38(45)42-34-39(46)43-37(35-44)41(48)49/h5-8,10-11,13-14,16-17,26-27,30-31,36-37,44H,3-4,9,12,15,18-25,28-29,32-35H2,1-2H3,(H,42,45)(H,43,46)(H,48,49)/b7-5-,8-6-,11-10-,14-13-,17-16-,30-26-,31-27-. The fraction of sp³-hybridized carbons (Fsp3) is 0.561. The molecule has 2 atom stereocenters. The van der Waals surface area contributed by atoms with Crippen LogP contribution in [-0.4, -0.2) is 59.3 Å². The molecule has 0 aliphatic carbocycles. The first-order valence-corrected chi connectivity index (χ1v) is 18.5. The van der Waals surface area contributed by atoms with E-state index in [1.54, 1.807) is 0 Å². The molecule has 0 fully saturated rings. The van der Waals surface area contributed by atoms with E-state index in [9.17, 15) is 19.2 Å². The second-order valence-electron chi connectivity index (χ2n) is 11.9. The van der Waals surface area contributed by atoms with Crippen molar-refractivity contribution in [2.45, 2.75) is 135 Å². The molecule has 50 heavy (non-hydrogen) atoms. The molecule has 0 heterocycles. The number of carboxylic acids is 1. The van der Waals surface area contributed by atoms with E-state index in [0.717, 1.165) is 89.9 Å². The Hall–Kier alpha value is -3.98. The molecule has 0 aliphatic rings. The number of aliphatic carboxylic acids is 1. The van der Waals surface area contributed by atoms with Crippen molar-refractivity contribution in [3.05, 3.63) is 85.1 Å². The number of carbonyl (C=O) groups is 4. The van der Waals surface area contributed by atoms with Crippen LogP contribution in [0.15, 0.2) is 85.1 Å². The topological polar surface area (TPSA) is 142 Å². The summed E-state index contributed by atoms with van der Waals surface area (Å²) in [6.07, 6.45) is 43.8. The number of nitrogens with one attached hydrogen (secondary N) is 2. The van der Waals surface area contributed by atoms with Crippen LogP contribution in [0.3, 0.4) is 0 Å². The third kappa shape index (κ3) is 31.3. The van der Waals surface area contributed by atoms with Crippen molar-refractivity contribution in [2.24, 2.45) is 0 Å². The average Bonchev–Trinajstić information content (AvgIpc) is 3.10. The second-order valence-corrected chi connectivity index (χ2v) is 11.9. The molecular weight excluding hydrogens is 632 g/mol. The molecular formula is C41H64N2O7. The van der Waals surface area contributed by atoms with Crippen molar-refractivity contribution in [2.75, 3.05) is 13.2 Å². The third-order valence-corrected chi connectivity index (χ3v) is 7.35. The van der Waals surface area contributed by atoms with E-state index in [2.05, 4.69) is 85.2 Å². The van der Waals surface area contributed by atoms with Crippen molar-refractivity contribution < 1.29 is 34.1 Å². The maximum atomic E-state index is 12.6. The van der Waals surface area contributed by atoms with Gasteiger partial charge in [0, 0.05) is 12.8 Å². The number of esters is 1. The fourth-order valence-electron chi connectivity index (χ4n) is 4.54. The molecule has 9 nitrogen and oxygen atoms in total. The number of aliphatic hydroxyl groups is 1. The van der Waals surface area contributed by atoms with E-state index in [-0.39, 0.29) is 24.8 Å². The zero-order valence-electron chi connectivity index (χ0n) is 30.6. The van der Waals surface area contributed by atoms with Gasteiger partial charge in [0.2, 0.25) is 11.8 Å². The van der Waals surface area contributed by atoms with Gasteiger partial charge in [-0.05, 0) is 89.2 Å². The average molecular weight is 697 g/mol. The SMILES string of the molecule is CC/C=C\C/C=C\C/C=C\C/C=C\CCCCCCC(=O)OC(/C=C\C/C=C\CC)/C=C\CCCCCC(=O)NCC(=O)NC(CO)C(=O)O. The Balaban J connectivity index is 4.27. The number of carboxylic acid groups (broad SMARTS) is 1. The Kier molecular flexibility index (Phi) is 32.1. The highest BCUT2D eigenvalue weighted by Crippen LogP contribution is 2.10. The van der Waals surface area contributed by atoms with Gasteiger partial charge in [0.25, 0.3) is 0 Å². The minimum atomic E-state index is -1.40. The Bertz CT molecular complexity index is 1120. The molecule has 0 radical (unpaired) electrons. The van der Waals surface area contributed by atoms with Gasteiger partial charge in [-0.15, -0.1) is 0 Å². The van der Waals surface area contributed by atoms with Gasteiger partial charge in [-0.25, -0.2) is 4.79 Å². The van der Waals surface area contributed by atoms with Gasteiger partial charge in [-0.2, -0.15) is 0 Å². The highest BCUT2D eigenvalue weighted by Gasteiger charge is 2.18. The predicted octanol–water partition coefficient (Wildman–Crippen LogP) is 8.14. The Morgan fingerprint density at radius 3 is 1.70 bits per heavy atom. The molecule has 0 aromatic heterocycles. The molecule has 0 aromatic carbocycles. The first-order valence-electron chi connectivity index (χ1n) is 18.5. The van der Waals surface area contributed by atoms with Gasteiger partial charge < -0.3 is 25.6 Å². The molecule has 0 spiro atoms. The van der Waals surface area contributed by atoms with Crippen LogP contribution in [0.2, 0.25) is 0 Å². The summed E-state index contributed by atoms with van der Waals surface area (Å²) < 4.78 is 5.74. The minimum Gasteiger partial charge on any atom is -0.480 e. The van der Waals surface area contributed by atoms with Gasteiger partial charge in [-0.1, -0.05) is 106 Å². The highest BCUT2D eigenvalue weighted by atomic mass is 16.5. The summed E-state index contributed by atoms with van der Waals surface area (Å²) in [5.74, 6) is -2.51. The molecule has 0 bridgehead atoms. The van der Waals surface area contributed by atoms with Crippen LogP contribution in [0.25, 0.3) is 0 Å². The van der Waals surface area contributed by atoms with Gasteiger partial charge in [-0.3, -0.25) is 14.4 Å². The van der Waals surface area contributed by atoms with Crippen LogP contribution in [0, 0.1) is 0 Å². The lowest BCUT2D eigenvalue weighted by Crippen LogP contribution is -2.47. The number of carbonyl (C=O) groups excluding carboxylic acids is 3. The van der Waals surface area contributed by atoms with Gasteiger partial charge in [0.05, 0.1) is 13.2 Å². The Labute approximate surface area is 301 Å². The maximum Gasteiger partial charge on any atom is 0.328 e. The molecule has 4 N–H and O–H groups in total. The lowest BCUT2D eigenvalue weighted by atomic mass is 10.1. The largest absolute Gasteiger partial charge is 0.480 e. The van der Waals surface area contributed by atoms with Crippen molar-refractivity contribution in [3.8, 4) is 0 Å². The first kappa shape index (κ1) is 46.0. The number of allylic oxidation sites excluding steroid dienone is 12. The number of amides is 2. The number of hydrogen-bond donors (Lipinski definition) is 4. The van der Waals surface area contributed by atoms with Gasteiger partial charge >= 0.3 is 11.9 Å². The number of aliphatic hydroxyl groups excluding tert-OH is 1. The summed E-state index contributed by atoms with van der Waals surface area (Å²) in [7, 11) is 0. The zero-order valence-corrected chi connectivity index (χ0v) is 30.6. The minimum absolute atomic E-state index is 0.193. The number of rotatable bonds is 31. The quantitative estimate of drug-likeness (QED) is 0.0326. The van der Waals surface area contributed by atoms with Crippen molar-refractivity contribution >= 4 is 23.8 Å². The third-order valence-electron chi connectivity index (χ3n) is 7.35. The Morgan fingerprint density at radius 2 is 1.10 bits per heavy atom. The normalized spacial score (nSPS) is 13.5. The lowest BCUT2D eigenvalue weighted by Gasteiger charge is -2.12. The lowest BCUT2D eigenvalue weighted by molar-refractivity contribution is -0.145. The summed E-state index contributed by atoms with van der Waals surface area (Å²) >= 11 is 0. The zero-order chi connectivity index (χ0) is 36.9. The molecule has 0 saturated carbocycles. The molecule has 280 valence electrons. The van der Waals surface area contributed by atoms with Crippen LogP contribution in [0.5, 0.6) is 0 Å². The molecule has 0 rings (SSSR count). The molecule has 2 amide bonds. The molecule has 0 aromatic rings. The molecule has 0 saturated heterocycles. The van der Waals surface area contributed by atoms with Crippen LogP contribution < -0.4 is 10.6 Å². The van der Waals surface area contributed by atoms with Gasteiger partial charge in [0.15, 0.2) is 0 Å². The molecule has 9 heteroatoms. The van der Waals surface area contributed by atoms with E-state index in [4.69, 9.17) is 14.9 Å². The van der Waals surface area contributed by atoms with Crippen molar-refractivity contribution in [1.82, 2.24) is 10.6 Å². The second kappa shape index (κ2) is 34.9. The Morgan fingerprint density at radius 1 is 0.600 bits per heavy atom. The molecule has 2 unspecified atom stereocenters. The summed E-state index contributed by atoms with van der Waals surface area (Å²) in [6.45, 7) is 3.15. The number of hydrogen-bond acceptors (Lipinski definition) is 6. The van der Waals surface area contributed by atoms with E-state index < -0.39 is 30.6 Å². The fourth-order valence-corrected chi connectivity index (χ4v) is 4.54. The van der Waals surface area contributed by atoms with Gasteiger partial charge in [0.1, 0.15) is 12.1 Å². The summed E-state index contributed by atoms with van der Waals surface area (Å²) in [5, 5.41) is 22.4. The molecule has 0 aliphatic heterocycles. The smallest absolute Gasteiger partial charge is 0.328 e. The van der Waals surface area contributed by atoms with Crippen molar-refractivity contribution in [1.29, 1.82) is 0 Å². The van der Waals surface area contributed by atoms with E-state index in [1.165, 1.54) is 0 Å². The van der Waals surface area contributed by atoms with Crippen LogP contribution in [0.1, 0.15) is 123 Å². The van der Waals surface area contributed by atoms with Crippen molar-refractivity contribution in [3.63, 3.8) is 0 Å². The predicted molar refractivity (Wildman–Crippen MR) is 203 cm³/mol. The van der Waals surface area contributed by atoms with Crippen LogP contribution in [0.4, 0.5) is 0 Å². The van der Waals surface area contributed by atoms with Crippen LogP contribution >= 0.6 is 0 Å². The van der Waals surface area contributed by atoms with Crippen LogP contribution in [-0.2, 0) is 23.9 Å². The monoisotopic (exact) mass is 696 g/mol. The summed E-state index contributed by atoms with van der Waals surface area (Å²) in [5.41, 5.74) is 0. The highest BCUT2D eigenvalue weighted by molar-refractivity contribution is 5.87. The van der Waals surface area contributed by atoms with E-state index in [0.29, 0.717) is 12.8 Å². The first-order chi connectivity index (χ1) is 24.3. The maximum absolute atomic E-state index is 12.6.